The van der Waals surface area contributed by atoms with Crippen LogP contribution in [0.25, 0.3) is 11.1 Å². The van der Waals surface area contributed by atoms with E-state index in [-0.39, 0.29) is 18.5 Å². The monoisotopic (exact) mass is 286 g/mol. The Morgan fingerprint density at radius 1 is 1.24 bits per heavy atom. The summed E-state index contributed by atoms with van der Waals surface area (Å²) in [5.74, 6) is -0.00402. The lowest BCUT2D eigenvalue weighted by atomic mass is 10.1. The number of benzene rings is 1. The summed E-state index contributed by atoms with van der Waals surface area (Å²) in [6, 6.07) is 7.84. The first-order chi connectivity index (χ1) is 10.1. The van der Waals surface area contributed by atoms with Gasteiger partial charge in [-0.15, -0.1) is 0 Å². The fourth-order valence-electron chi connectivity index (χ4n) is 2.19. The summed E-state index contributed by atoms with van der Waals surface area (Å²) < 4.78 is 1.66. The number of carbonyl (C=O) groups excluding carboxylic acids is 1. The Bertz CT molecular complexity index is 585. The molecule has 0 fully saturated rings. The highest BCUT2D eigenvalue weighted by Crippen LogP contribution is 2.19. The molecule has 0 aliphatic rings. The number of anilines is 1. The van der Waals surface area contributed by atoms with Crippen molar-refractivity contribution in [1.82, 2.24) is 15.1 Å². The van der Waals surface area contributed by atoms with Crippen LogP contribution in [-0.4, -0.2) is 21.7 Å². The van der Waals surface area contributed by atoms with Crippen molar-refractivity contribution in [3.63, 3.8) is 0 Å². The van der Waals surface area contributed by atoms with E-state index in [9.17, 15) is 4.79 Å². The van der Waals surface area contributed by atoms with Gasteiger partial charge in [0.05, 0.1) is 6.20 Å². The molecule has 5 heteroatoms. The minimum Gasteiger partial charge on any atom is -0.399 e. The number of nitrogens with two attached hydrogens (primary N) is 1. The number of nitrogens with zero attached hydrogens (tertiary/aromatic N) is 2. The second kappa shape index (κ2) is 6.92. The molecule has 1 aromatic carbocycles. The van der Waals surface area contributed by atoms with Crippen molar-refractivity contribution < 1.29 is 4.79 Å². The van der Waals surface area contributed by atoms with E-state index in [1.54, 1.807) is 10.9 Å². The van der Waals surface area contributed by atoms with Gasteiger partial charge in [0.15, 0.2) is 0 Å². The normalized spacial score (nSPS) is 10.8. The van der Waals surface area contributed by atoms with E-state index < -0.39 is 0 Å². The number of aromatic nitrogens is 2. The van der Waals surface area contributed by atoms with Crippen molar-refractivity contribution in [3.8, 4) is 11.1 Å². The second-order valence-corrected chi connectivity index (χ2v) is 5.13. The number of amides is 1. The Labute approximate surface area is 125 Å². The first-order valence-corrected chi connectivity index (χ1v) is 7.30. The van der Waals surface area contributed by atoms with E-state index >= 15 is 0 Å². The van der Waals surface area contributed by atoms with Gasteiger partial charge in [0.2, 0.25) is 5.91 Å². The van der Waals surface area contributed by atoms with Crippen LogP contribution in [0.5, 0.6) is 0 Å². The molecule has 0 unspecified atom stereocenters. The minimum absolute atomic E-state index is 0.00402. The van der Waals surface area contributed by atoms with Crippen LogP contribution in [-0.2, 0) is 11.3 Å². The predicted molar refractivity (Wildman–Crippen MR) is 84.6 cm³/mol. The van der Waals surface area contributed by atoms with Crippen LogP contribution in [0, 0.1) is 0 Å². The maximum Gasteiger partial charge on any atom is 0.241 e. The first kappa shape index (κ1) is 15.1. The van der Waals surface area contributed by atoms with Crippen molar-refractivity contribution in [2.75, 3.05) is 5.73 Å². The minimum atomic E-state index is -0.00402. The lowest BCUT2D eigenvalue weighted by Gasteiger charge is -2.14. The molecular formula is C16H22N4O. The van der Waals surface area contributed by atoms with Gasteiger partial charge in [0.1, 0.15) is 6.54 Å². The van der Waals surface area contributed by atoms with Gasteiger partial charge in [-0.2, -0.15) is 5.10 Å². The van der Waals surface area contributed by atoms with Crippen LogP contribution in [0.3, 0.4) is 0 Å². The highest BCUT2D eigenvalue weighted by atomic mass is 16.2. The maximum atomic E-state index is 11.9. The first-order valence-electron chi connectivity index (χ1n) is 7.30. The zero-order valence-corrected chi connectivity index (χ0v) is 12.5. The van der Waals surface area contributed by atoms with Crippen LogP contribution in [0.1, 0.15) is 26.7 Å². The van der Waals surface area contributed by atoms with Gasteiger partial charge in [0, 0.05) is 23.5 Å². The fraction of sp³-hybridized carbons (Fsp3) is 0.375. The molecule has 3 N–H and O–H groups in total. The third-order valence-electron chi connectivity index (χ3n) is 3.53. The molecule has 0 radical (unpaired) electrons. The number of carbonyl (C=O) groups is 1. The molecular weight excluding hydrogens is 264 g/mol. The molecule has 2 rings (SSSR count). The largest absolute Gasteiger partial charge is 0.399 e. The lowest BCUT2D eigenvalue weighted by Crippen LogP contribution is -2.36. The summed E-state index contributed by atoms with van der Waals surface area (Å²) in [5, 5.41) is 7.24. The molecule has 0 saturated heterocycles. The predicted octanol–water partition coefficient (Wildman–Crippen LogP) is 2.44. The van der Waals surface area contributed by atoms with Crippen molar-refractivity contribution >= 4 is 11.6 Å². The summed E-state index contributed by atoms with van der Waals surface area (Å²) in [6.45, 7) is 4.38. The zero-order chi connectivity index (χ0) is 15.2. The zero-order valence-electron chi connectivity index (χ0n) is 12.5. The number of hydrogen-bond donors (Lipinski definition) is 2. The van der Waals surface area contributed by atoms with E-state index in [1.807, 2.05) is 30.5 Å². The Morgan fingerprint density at radius 2 is 1.90 bits per heavy atom. The number of hydrogen-bond acceptors (Lipinski definition) is 3. The quantitative estimate of drug-likeness (QED) is 0.801. The number of nitrogens with one attached hydrogen (secondary N) is 1. The Hall–Kier alpha value is -2.30. The van der Waals surface area contributed by atoms with E-state index in [2.05, 4.69) is 24.3 Å². The summed E-state index contributed by atoms with van der Waals surface area (Å²) in [4.78, 5) is 11.9. The van der Waals surface area contributed by atoms with Gasteiger partial charge in [-0.3, -0.25) is 9.48 Å². The fourth-order valence-corrected chi connectivity index (χ4v) is 2.19. The van der Waals surface area contributed by atoms with Crippen LogP contribution in [0.15, 0.2) is 36.7 Å². The van der Waals surface area contributed by atoms with E-state index in [0.717, 1.165) is 29.7 Å². The van der Waals surface area contributed by atoms with Crippen molar-refractivity contribution in [1.29, 1.82) is 0 Å². The Kier molecular flexibility index (Phi) is 4.98. The van der Waals surface area contributed by atoms with Crippen LogP contribution in [0.4, 0.5) is 5.69 Å². The van der Waals surface area contributed by atoms with Gasteiger partial charge in [-0.1, -0.05) is 26.0 Å². The topological polar surface area (TPSA) is 72.9 Å². The van der Waals surface area contributed by atoms with Crippen LogP contribution >= 0.6 is 0 Å². The molecule has 1 amide bonds. The molecule has 1 aromatic heterocycles. The molecule has 0 aliphatic heterocycles. The number of nitrogen functional groups attached to an aromatic ring is 1. The van der Waals surface area contributed by atoms with Crippen molar-refractivity contribution in [2.24, 2.45) is 0 Å². The smallest absolute Gasteiger partial charge is 0.241 e. The van der Waals surface area contributed by atoms with Crippen molar-refractivity contribution in [2.45, 2.75) is 39.3 Å². The van der Waals surface area contributed by atoms with Gasteiger partial charge in [0.25, 0.3) is 0 Å². The Morgan fingerprint density at radius 3 is 2.52 bits per heavy atom. The van der Waals surface area contributed by atoms with Gasteiger partial charge >= 0.3 is 0 Å². The summed E-state index contributed by atoms with van der Waals surface area (Å²) in [5.41, 5.74) is 8.42. The highest BCUT2D eigenvalue weighted by Gasteiger charge is 2.10. The van der Waals surface area contributed by atoms with E-state index in [0.29, 0.717) is 0 Å². The molecule has 1 heterocycles. The molecule has 0 atom stereocenters. The molecule has 0 saturated carbocycles. The van der Waals surface area contributed by atoms with Crippen LogP contribution in [0.2, 0.25) is 0 Å². The average molecular weight is 286 g/mol. The average Bonchev–Trinajstić information content (AvgIpc) is 2.94. The van der Waals surface area contributed by atoms with Crippen molar-refractivity contribution in [3.05, 3.63) is 36.7 Å². The summed E-state index contributed by atoms with van der Waals surface area (Å²) in [6.07, 6.45) is 5.52. The molecule has 2 aromatic rings. The third kappa shape index (κ3) is 4.08. The summed E-state index contributed by atoms with van der Waals surface area (Å²) in [7, 11) is 0. The third-order valence-corrected chi connectivity index (χ3v) is 3.53. The molecule has 0 bridgehead atoms. The van der Waals surface area contributed by atoms with Gasteiger partial charge in [-0.05, 0) is 30.5 Å². The molecule has 112 valence electrons. The van der Waals surface area contributed by atoms with Gasteiger partial charge < -0.3 is 11.1 Å². The number of rotatable bonds is 6. The summed E-state index contributed by atoms with van der Waals surface area (Å²) >= 11 is 0. The lowest BCUT2D eigenvalue weighted by molar-refractivity contribution is -0.122. The molecule has 5 nitrogen and oxygen atoms in total. The van der Waals surface area contributed by atoms with Gasteiger partial charge in [-0.25, -0.2) is 0 Å². The molecule has 0 aliphatic carbocycles. The maximum absolute atomic E-state index is 11.9. The molecule has 21 heavy (non-hydrogen) atoms. The SMILES string of the molecule is CCC(CC)NC(=O)Cn1cc(-c2ccc(N)cc2)cn1. The molecule has 0 spiro atoms. The highest BCUT2D eigenvalue weighted by molar-refractivity contribution is 5.76. The Balaban J connectivity index is 2.00. The van der Waals surface area contributed by atoms with Crippen LogP contribution < -0.4 is 11.1 Å². The van der Waals surface area contributed by atoms with E-state index in [4.69, 9.17) is 5.73 Å². The second-order valence-electron chi connectivity index (χ2n) is 5.13. The van der Waals surface area contributed by atoms with E-state index in [1.165, 1.54) is 0 Å². The standard InChI is InChI=1S/C16H22N4O/c1-3-15(4-2)19-16(21)11-20-10-13(9-18-20)12-5-7-14(17)8-6-12/h5-10,15H,3-4,11,17H2,1-2H3,(H,19,21).